The molecule has 0 aliphatic carbocycles. The van der Waals surface area contributed by atoms with Crippen molar-refractivity contribution >= 4 is 0 Å². The first kappa shape index (κ1) is 13.7. The number of hydrogen-bond acceptors (Lipinski definition) is 8. The predicted molar refractivity (Wildman–Crippen MR) is 63.9 cm³/mol. The maximum absolute atomic E-state index is 5.85. The van der Waals surface area contributed by atoms with Crippen LogP contribution in [0.25, 0.3) is 11.6 Å². The summed E-state index contributed by atoms with van der Waals surface area (Å²) in [6, 6.07) is 1.25. The van der Waals surface area contributed by atoms with Gasteiger partial charge in [-0.2, -0.15) is 4.98 Å². The van der Waals surface area contributed by atoms with E-state index in [0.29, 0.717) is 37.1 Å². The lowest BCUT2D eigenvalue weighted by Crippen LogP contribution is -2.18. The van der Waals surface area contributed by atoms with Crippen LogP contribution in [-0.4, -0.2) is 35.6 Å². The van der Waals surface area contributed by atoms with Gasteiger partial charge in [-0.05, 0) is 6.92 Å². The van der Waals surface area contributed by atoms with Gasteiger partial charge in [-0.15, -0.1) is 0 Å². The number of hydrogen-bond donors (Lipinski definition) is 1. The zero-order chi connectivity index (χ0) is 13.7. The number of rotatable bonds is 7. The fraction of sp³-hybridized carbons (Fsp3) is 0.545. The lowest BCUT2D eigenvalue weighted by Gasteiger charge is -2.05. The average Bonchev–Trinajstić information content (AvgIpc) is 3.04. The first-order chi connectivity index (χ1) is 9.24. The standard InChI is InChI=1S/C11H16N4O4/c1-3-17-6-8(12)10-13-11(19-15-10)9-4-7(5-16-2)18-14-9/h4,8H,3,5-6,12H2,1-2H3. The summed E-state index contributed by atoms with van der Waals surface area (Å²) in [6.07, 6.45) is 0. The Morgan fingerprint density at radius 3 is 2.95 bits per heavy atom. The minimum atomic E-state index is -0.428. The second kappa shape index (κ2) is 6.41. The van der Waals surface area contributed by atoms with Crippen LogP contribution in [0.5, 0.6) is 0 Å². The molecule has 0 spiro atoms. The number of ether oxygens (including phenoxy) is 2. The van der Waals surface area contributed by atoms with Gasteiger partial charge in [0.1, 0.15) is 6.61 Å². The second-order valence-corrected chi connectivity index (χ2v) is 3.84. The quantitative estimate of drug-likeness (QED) is 0.788. The van der Waals surface area contributed by atoms with E-state index in [9.17, 15) is 0 Å². The highest BCUT2D eigenvalue weighted by molar-refractivity contribution is 5.45. The lowest BCUT2D eigenvalue weighted by molar-refractivity contribution is 0.130. The molecule has 2 heterocycles. The Balaban J connectivity index is 2.06. The van der Waals surface area contributed by atoms with Crippen molar-refractivity contribution in [2.24, 2.45) is 5.73 Å². The van der Waals surface area contributed by atoms with Gasteiger partial charge in [0, 0.05) is 19.8 Å². The van der Waals surface area contributed by atoms with Gasteiger partial charge in [-0.1, -0.05) is 10.3 Å². The number of nitrogens with zero attached hydrogens (tertiary/aromatic N) is 3. The highest BCUT2D eigenvalue weighted by atomic mass is 16.5. The van der Waals surface area contributed by atoms with Crippen LogP contribution in [0, 0.1) is 0 Å². The smallest absolute Gasteiger partial charge is 0.280 e. The Morgan fingerprint density at radius 2 is 2.21 bits per heavy atom. The summed E-state index contributed by atoms with van der Waals surface area (Å²) < 4.78 is 20.2. The van der Waals surface area contributed by atoms with Gasteiger partial charge in [0.2, 0.25) is 0 Å². The normalized spacial score (nSPS) is 12.8. The second-order valence-electron chi connectivity index (χ2n) is 3.84. The SMILES string of the molecule is CCOCC(N)c1noc(-c2cc(COC)on2)n1. The van der Waals surface area contributed by atoms with E-state index < -0.39 is 6.04 Å². The van der Waals surface area contributed by atoms with Crippen molar-refractivity contribution in [1.29, 1.82) is 0 Å². The zero-order valence-electron chi connectivity index (χ0n) is 10.8. The molecule has 2 N–H and O–H groups in total. The summed E-state index contributed by atoms with van der Waals surface area (Å²) in [5.41, 5.74) is 6.30. The van der Waals surface area contributed by atoms with Crippen LogP contribution >= 0.6 is 0 Å². The molecule has 0 fully saturated rings. The third-order valence-electron chi connectivity index (χ3n) is 2.34. The molecule has 0 amide bonds. The molecular formula is C11H16N4O4. The van der Waals surface area contributed by atoms with Crippen molar-refractivity contribution in [3.05, 3.63) is 17.7 Å². The molecule has 1 unspecified atom stereocenters. The van der Waals surface area contributed by atoms with E-state index in [0.717, 1.165) is 0 Å². The molecule has 0 radical (unpaired) electrons. The predicted octanol–water partition coefficient (Wildman–Crippen LogP) is 0.907. The molecule has 2 rings (SSSR count). The summed E-state index contributed by atoms with van der Waals surface area (Å²) in [5.74, 6) is 1.21. The topological polar surface area (TPSA) is 109 Å². The molecule has 104 valence electrons. The summed E-state index contributed by atoms with van der Waals surface area (Å²) in [6.45, 7) is 3.14. The minimum Gasteiger partial charge on any atom is -0.380 e. The van der Waals surface area contributed by atoms with Gasteiger partial charge in [-0.25, -0.2) is 0 Å². The summed E-state index contributed by atoms with van der Waals surface area (Å²) in [7, 11) is 1.57. The summed E-state index contributed by atoms with van der Waals surface area (Å²) in [5, 5.41) is 7.61. The van der Waals surface area contributed by atoms with Crippen LogP contribution in [0.3, 0.4) is 0 Å². The molecule has 2 aromatic rings. The zero-order valence-corrected chi connectivity index (χ0v) is 10.8. The van der Waals surface area contributed by atoms with Crippen molar-refractivity contribution in [3.8, 4) is 11.6 Å². The third-order valence-corrected chi connectivity index (χ3v) is 2.34. The average molecular weight is 268 g/mol. The maximum atomic E-state index is 5.85. The molecule has 0 saturated heterocycles. The minimum absolute atomic E-state index is 0.257. The van der Waals surface area contributed by atoms with Gasteiger partial charge in [0.25, 0.3) is 5.89 Å². The first-order valence-electron chi connectivity index (χ1n) is 5.86. The molecule has 8 heteroatoms. The maximum Gasteiger partial charge on any atom is 0.280 e. The van der Waals surface area contributed by atoms with E-state index >= 15 is 0 Å². The van der Waals surface area contributed by atoms with Crippen LogP contribution in [0.2, 0.25) is 0 Å². The molecule has 0 aliphatic rings. The van der Waals surface area contributed by atoms with Crippen molar-refractivity contribution in [2.45, 2.75) is 19.6 Å². The number of aromatic nitrogens is 3. The Labute approximate surface area is 109 Å². The van der Waals surface area contributed by atoms with Crippen LogP contribution in [-0.2, 0) is 16.1 Å². The first-order valence-corrected chi connectivity index (χ1v) is 5.86. The molecule has 0 aliphatic heterocycles. The Hall–Kier alpha value is -1.77. The van der Waals surface area contributed by atoms with Gasteiger partial charge in [0.05, 0.1) is 12.6 Å². The molecule has 1 atom stereocenters. The highest BCUT2D eigenvalue weighted by Gasteiger charge is 2.18. The van der Waals surface area contributed by atoms with Gasteiger partial charge >= 0.3 is 0 Å². The lowest BCUT2D eigenvalue weighted by atomic mass is 10.3. The van der Waals surface area contributed by atoms with E-state index in [-0.39, 0.29) is 5.89 Å². The molecule has 0 bridgehead atoms. The Bertz CT molecular complexity index is 510. The largest absolute Gasteiger partial charge is 0.380 e. The highest BCUT2D eigenvalue weighted by Crippen LogP contribution is 2.19. The Kier molecular flexibility index (Phi) is 4.61. The van der Waals surface area contributed by atoms with Gasteiger partial charge in [0.15, 0.2) is 17.3 Å². The Morgan fingerprint density at radius 1 is 1.37 bits per heavy atom. The van der Waals surface area contributed by atoms with Crippen molar-refractivity contribution < 1.29 is 18.5 Å². The van der Waals surface area contributed by atoms with E-state index in [1.165, 1.54) is 0 Å². The van der Waals surface area contributed by atoms with E-state index in [4.69, 9.17) is 24.3 Å². The number of methoxy groups -OCH3 is 1. The van der Waals surface area contributed by atoms with E-state index in [1.54, 1.807) is 13.2 Å². The molecule has 19 heavy (non-hydrogen) atoms. The van der Waals surface area contributed by atoms with Crippen LogP contribution in [0.1, 0.15) is 24.6 Å². The summed E-state index contributed by atoms with van der Waals surface area (Å²) >= 11 is 0. The van der Waals surface area contributed by atoms with E-state index in [1.807, 2.05) is 6.92 Å². The molecular weight excluding hydrogens is 252 g/mol. The monoisotopic (exact) mass is 268 g/mol. The van der Waals surface area contributed by atoms with Crippen molar-refractivity contribution in [3.63, 3.8) is 0 Å². The molecule has 2 aromatic heterocycles. The van der Waals surface area contributed by atoms with E-state index in [2.05, 4.69) is 15.3 Å². The molecule has 0 saturated carbocycles. The number of nitrogens with two attached hydrogens (primary N) is 1. The fourth-order valence-corrected chi connectivity index (χ4v) is 1.43. The van der Waals surface area contributed by atoms with Crippen LogP contribution in [0.4, 0.5) is 0 Å². The van der Waals surface area contributed by atoms with Gasteiger partial charge in [-0.3, -0.25) is 0 Å². The molecule has 8 nitrogen and oxygen atoms in total. The van der Waals surface area contributed by atoms with Gasteiger partial charge < -0.3 is 24.3 Å². The van der Waals surface area contributed by atoms with Crippen LogP contribution in [0.15, 0.2) is 15.1 Å². The third kappa shape index (κ3) is 3.37. The molecule has 0 aromatic carbocycles. The fourth-order valence-electron chi connectivity index (χ4n) is 1.43. The van der Waals surface area contributed by atoms with Crippen LogP contribution < -0.4 is 5.73 Å². The summed E-state index contributed by atoms with van der Waals surface area (Å²) in [4.78, 5) is 4.16. The van der Waals surface area contributed by atoms with Crippen molar-refractivity contribution in [2.75, 3.05) is 20.3 Å². The van der Waals surface area contributed by atoms with Crippen molar-refractivity contribution in [1.82, 2.24) is 15.3 Å².